The predicted octanol–water partition coefficient (Wildman–Crippen LogP) is 1.58. The first-order valence-corrected chi connectivity index (χ1v) is 5.31. The van der Waals surface area contributed by atoms with Crippen LogP contribution in [0, 0.1) is 0 Å². The summed E-state index contributed by atoms with van der Waals surface area (Å²) in [6, 6.07) is 1.71. The Morgan fingerprint density at radius 2 is 2.33 bits per heavy atom. The molecule has 0 fully saturated rings. The Balaban J connectivity index is 3.20. The highest BCUT2D eigenvalue weighted by Gasteiger charge is 2.22. The predicted molar refractivity (Wildman–Crippen MR) is 54.5 cm³/mol. The van der Waals surface area contributed by atoms with E-state index in [1.807, 2.05) is 13.8 Å². The van der Waals surface area contributed by atoms with Gasteiger partial charge in [-0.3, -0.25) is 4.79 Å². The van der Waals surface area contributed by atoms with Crippen molar-refractivity contribution in [3.63, 3.8) is 0 Å². The Morgan fingerprint density at radius 3 is 2.83 bits per heavy atom. The van der Waals surface area contributed by atoms with Crippen LogP contribution in [0.2, 0.25) is 0 Å². The van der Waals surface area contributed by atoms with E-state index in [0.29, 0.717) is 5.56 Å². The van der Waals surface area contributed by atoms with Gasteiger partial charge in [-0.15, -0.1) is 11.7 Å². The summed E-state index contributed by atoms with van der Waals surface area (Å²) in [6.07, 6.45) is 1.57. The third-order valence-corrected chi connectivity index (χ3v) is 3.65. The second kappa shape index (κ2) is 3.53. The molecule has 0 spiro atoms. The van der Waals surface area contributed by atoms with E-state index in [4.69, 9.17) is 0 Å². The summed E-state index contributed by atoms with van der Waals surface area (Å²) >= 11 is 4.10. The molecule has 12 heavy (non-hydrogen) atoms. The molecule has 0 unspecified atom stereocenters. The number of aromatic nitrogens is 2. The maximum atomic E-state index is 11.3. The largest absolute Gasteiger partial charge is 0.268 e. The molecule has 3 nitrogen and oxygen atoms in total. The van der Waals surface area contributed by atoms with E-state index in [1.54, 1.807) is 12.3 Å². The lowest BCUT2D eigenvalue weighted by Crippen LogP contribution is -2.23. The van der Waals surface area contributed by atoms with Gasteiger partial charge in [-0.2, -0.15) is 5.10 Å². The van der Waals surface area contributed by atoms with Crippen LogP contribution >= 0.6 is 22.5 Å². The molecular weight excluding hydrogens is 192 g/mol. The van der Waals surface area contributed by atoms with Crippen LogP contribution in [0.4, 0.5) is 0 Å². The van der Waals surface area contributed by atoms with Gasteiger partial charge in [-0.25, -0.2) is 5.10 Å². The smallest absolute Gasteiger partial charge is 0.268 e. The quantitative estimate of drug-likeness (QED) is 0.565. The van der Waals surface area contributed by atoms with Crippen molar-refractivity contribution in [3.05, 3.63) is 28.2 Å². The first kappa shape index (κ1) is 9.67. The molecule has 1 heterocycles. The minimum absolute atomic E-state index is 0.149. The van der Waals surface area contributed by atoms with Crippen molar-refractivity contribution in [3.8, 4) is 0 Å². The molecule has 0 aliphatic rings. The van der Waals surface area contributed by atoms with E-state index < -0.39 is 0 Å². The molecule has 5 heteroatoms. The highest BCUT2D eigenvalue weighted by molar-refractivity contribution is 8.68. The molecule has 1 rings (SSSR count). The SMILES string of the molecule is CC(C)(SS)c1ccn[nH]c1=O. The molecule has 0 atom stereocenters. The first-order valence-electron chi connectivity index (χ1n) is 3.44. The fourth-order valence-corrected chi connectivity index (χ4v) is 1.42. The monoisotopic (exact) mass is 202 g/mol. The van der Waals surface area contributed by atoms with E-state index in [9.17, 15) is 4.79 Å². The van der Waals surface area contributed by atoms with Crippen molar-refractivity contribution in [1.29, 1.82) is 0 Å². The average molecular weight is 202 g/mol. The van der Waals surface area contributed by atoms with Gasteiger partial charge in [0.15, 0.2) is 0 Å². The number of nitrogens with one attached hydrogen (secondary N) is 1. The van der Waals surface area contributed by atoms with Crippen molar-refractivity contribution in [1.82, 2.24) is 10.2 Å². The van der Waals surface area contributed by atoms with Crippen LogP contribution in [-0.2, 0) is 4.75 Å². The summed E-state index contributed by atoms with van der Waals surface area (Å²) in [7, 11) is 1.34. The van der Waals surface area contributed by atoms with Crippen LogP contribution in [0.1, 0.15) is 19.4 Å². The van der Waals surface area contributed by atoms with Crippen LogP contribution in [0.15, 0.2) is 17.1 Å². The summed E-state index contributed by atoms with van der Waals surface area (Å²) < 4.78 is -0.278. The van der Waals surface area contributed by atoms with Gasteiger partial charge in [0, 0.05) is 11.8 Å². The van der Waals surface area contributed by atoms with Crippen LogP contribution in [0.25, 0.3) is 0 Å². The van der Waals surface area contributed by atoms with Gasteiger partial charge < -0.3 is 0 Å². The molecule has 0 saturated heterocycles. The second-order valence-corrected chi connectivity index (χ2v) is 4.65. The number of nitrogens with zero attached hydrogens (tertiary/aromatic N) is 1. The fraction of sp³-hybridized carbons (Fsp3) is 0.429. The van der Waals surface area contributed by atoms with Crippen molar-refractivity contribution >= 4 is 22.5 Å². The summed E-state index contributed by atoms with van der Waals surface area (Å²) in [4.78, 5) is 11.3. The molecular formula is C7H10N2OS2. The Kier molecular flexibility index (Phi) is 2.85. The van der Waals surface area contributed by atoms with Gasteiger partial charge in [0.25, 0.3) is 5.56 Å². The van der Waals surface area contributed by atoms with Gasteiger partial charge >= 0.3 is 0 Å². The van der Waals surface area contributed by atoms with Crippen LogP contribution in [-0.4, -0.2) is 10.2 Å². The molecule has 1 aromatic heterocycles. The lowest BCUT2D eigenvalue weighted by atomic mass is 10.1. The summed E-state index contributed by atoms with van der Waals surface area (Å²) in [5.41, 5.74) is 0.543. The highest BCUT2D eigenvalue weighted by atomic mass is 33.1. The average Bonchev–Trinajstić information content (AvgIpc) is 2.05. The molecule has 1 N–H and O–H groups in total. The Hall–Kier alpha value is -0.420. The Bertz CT molecular complexity index is 321. The molecule has 0 bridgehead atoms. The number of hydrogen-bond donors (Lipinski definition) is 2. The molecule has 0 saturated carbocycles. The summed E-state index contributed by atoms with van der Waals surface area (Å²) in [6.45, 7) is 3.88. The number of rotatable bonds is 2. The van der Waals surface area contributed by atoms with Crippen molar-refractivity contribution < 1.29 is 0 Å². The van der Waals surface area contributed by atoms with Crippen molar-refractivity contribution in [2.45, 2.75) is 18.6 Å². The highest BCUT2D eigenvalue weighted by Crippen LogP contribution is 2.35. The molecule has 0 aliphatic carbocycles. The molecule has 0 aliphatic heterocycles. The lowest BCUT2D eigenvalue weighted by molar-refractivity contribution is 0.758. The van der Waals surface area contributed by atoms with Crippen LogP contribution in [0.3, 0.4) is 0 Å². The van der Waals surface area contributed by atoms with Gasteiger partial charge in [0.1, 0.15) is 0 Å². The standard InChI is InChI=1S/C7H10N2OS2/c1-7(2,12-11)5-3-4-8-9-6(5)10/h3-4,11H,1-2H3,(H,9,10). The zero-order chi connectivity index (χ0) is 9.19. The third kappa shape index (κ3) is 1.84. The van der Waals surface area contributed by atoms with Gasteiger partial charge in [-0.1, -0.05) is 10.8 Å². The van der Waals surface area contributed by atoms with Crippen LogP contribution in [0.5, 0.6) is 0 Å². The molecule has 0 radical (unpaired) electrons. The summed E-state index contributed by atoms with van der Waals surface area (Å²) in [5, 5.41) is 6.01. The lowest BCUT2D eigenvalue weighted by Gasteiger charge is -2.19. The second-order valence-electron chi connectivity index (χ2n) is 2.90. The first-order chi connectivity index (χ1) is 5.58. The number of aromatic amines is 1. The Labute approximate surface area is 79.8 Å². The fourth-order valence-electron chi connectivity index (χ4n) is 0.867. The van der Waals surface area contributed by atoms with E-state index in [1.165, 1.54) is 10.8 Å². The molecule has 0 aromatic carbocycles. The van der Waals surface area contributed by atoms with E-state index >= 15 is 0 Å². The van der Waals surface area contributed by atoms with E-state index in [2.05, 4.69) is 21.9 Å². The topological polar surface area (TPSA) is 45.8 Å². The van der Waals surface area contributed by atoms with Gasteiger partial charge in [-0.05, 0) is 19.9 Å². The maximum absolute atomic E-state index is 11.3. The van der Waals surface area contributed by atoms with Gasteiger partial charge in [0.05, 0.1) is 4.75 Å². The number of hydrogen-bond acceptors (Lipinski definition) is 4. The van der Waals surface area contributed by atoms with E-state index in [0.717, 1.165) is 0 Å². The minimum Gasteiger partial charge on any atom is -0.268 e. The minimum atomic E-state index is -0.278. The van der Waals surface area contributed by atoms with Crippen LogP contribution < -0.4 is 5.56 Å². The maximum Gasteiger partial charge on any atom is 0.268 e. The zero-order valence-electron chi connectivity index (χ0n) is 6.87. The molecule has 0 amide bonds. The van der Waals surface area contributed by atoms with Crippen molar-refractivity contribution in [2.24, 2.45) is 0 Å². The normalized spacial score (nSPS) is 11.6. The molecule has 66 valence electrons. The zero-order valence-corrected chi connectivity index (χ0v) is 8.58. The molecule has 1 aromatic rings. The third-order valence-electron chi connectivity index (χ3n) is 1.60. The number of thiol groups is 1. The van der Waals surface area contributed by atoms with E-state index in [-0.39, 0.29) is 10.3 Å². The van der Waals surface area contributed by atoms with Crippen molar-refractivity contribution in [2.75, 3.05) is 0 Å². The summed E-state index contributed by atoms with van der Waals surface area (Å²) in [5.74, 6) is 0. The Morgan fingerprint density at radius 1 is 1.67 bits per heavy atom. The number of H-pyrrole nitrogens is 1. The van der Waals surface area contributed by atoms with Gasteiger partial charge in [0.2, 0.25) is 0 Å².